The van der Waals surface area contributed by atoms with Crippen LogP contribution in [0.15, 0.2) is 47.0 Å². The summed E-state index contributed by atoms with van der Waals surface area (Å²) in [6, 6.07) is 12.4. The predicted octanol–water partition coefficient (Wildman–Crippen LogP) is 4.37. The molecule has 1 amide bonds. The minimum absolute atomic E-state index is 0.186. The molecule has 0 saturated heterocycles. The van der Waals surface area contributed by atoms with Crippen molar-refractivity contribution in [2.45, 2.75) is 13.8 Å². The lowest BCUT2D eigenvalue weighted by atomic mass is 10.1. The van der Waals surface area contributed by atoms with Gasteiger partial charge in [-0.05, 0) is 56.3 Å². The lowest BCUT2D eigenvalue weighted by molar-refractivity contribution is -0.142. The molecule has 3 aromatic heterocycles. The molecule has 0 aliphatic rings. The number of nitrogens with one attached hydrogen (secondary N) is 1. The molecule has 0 saturated carbocycles. The Morgan fingerprint density at radius 2 is 1.90 bits per heavy atom. The van der Waals surface area contributed by atoms with Crippen LogP contribution in [-0.2, 0) is 9.53 Å². The fourth-order valence-electron chi connectivity index (χ4n) is 3.01. The predicted molar refractivity (Wildman–Crippen MR) is 116 cm³/mol. The third-order valence-corrected chi connectivity index (χ3v) is 5.57. The Kier molecular flexibility index (Phi) is 5.68. The van der Waals surface area contributed by atoms with Crippen LogP contribution in [0.25, 0.3) is 21.7 Å². The molecule has 1 N–H and O–H groups in total. The van der Waals surface area contributed by atoms with Crippen LogP contribution in [-0.4, -0.2) is 35.7 Å². The van der Waals surface area contributed by atoms with E-state index in [4.69, 9.17) is 9.26 Å². The van der Waals surface area contributed by atoms with E-state index >= 15 is 0 Å². The van der Waals surface area contributed by atoms with Crippen molar-refractivity contribution in [1.82, 2.24) is 10.1 Å². The van der Waals surface area contributed by atoms with Gasteiger partial charge in [0.15, 0.2) is 6.61 Å². The van der Waals surface area contributed by atoms with E-state index in [0.29, 0.717) is 39.5 Å². The first-order valence-electron chi connectivity index (χ1n) is 9.39. The number of esters is 1. The molecule has 8 nitrogen and oxygen atoms in total. The number of aryl methyl sites for hydroxylation is 2. The molecule has 0 radical (unpaired) electrons. The maximum Gasteiger partial charge on any atom is 0.343 e. The van der Waals surface area contributed by atoms with Crippen molar-refractivity contribution >= 4 is 40.0 Å². The molecular weight excluding hydrogens is 418 g/mol. The van der Waals surface area contributed by atoms with E-state index < -0.39 is 5.97 Å². The van der Waals surface area contributed by atoms with Crippen LogP contribution in [0.5, 0.6) is 5.75 Å². The fourth-order valence-corrected chi connectivity index (χ4v) is 3.83. The Hall–Kier alpha value is -3.72. The van der Waals surface area contributed by atoms with E-state index in [2.05, 4.69) is 20.2 Å². The van der Waals surface area contributed by atoms with Gasteiger partial charge in [0, 0.05) is 10.6 Å². The van der Waals surface area contributed by atoms with Crippen LogP contribution in [0, 0.1) is 13.8 Å². The van der Waals surface area contributed by atoms with Crippen molar-refractivity contribution in [1.29, 1.82) is 0 Å². The van der Waals surface area contributed by atoms with E-state index in [9.17, 15) is 9.59 Å². The summed E-state index contributed by atoms with van der Waals surface area (Å²) in [6.45, 7) is 3.60. The van der Waals surface area contributed by atoms with Crippen LogP contribution in [0.4, 0.5) is 5.69 Å². The van der Waals surface area contributed by atoms with E-state index in [0.717, 1.165) is 9.75 Å². The molecule has 158 valence electrons. The molecule has 0 aliphatic carbocycles. The average molecular weight is 437 g/mol. The van der Waals surface area contributed by atoms with Crippen molar-refractivity contribution in [3.8, 4) is 16.3 Å². The highest BCUT2D eigenvalue weighted by Crippen LogP contribution is 2.31. The monoisotopic (exact) mass is 437 g/mol. The van der Waals surface area contributed by atoms with E-state index in [1.165, 1.54) is 7.11 Å². The number of methoxy groups -OCH3 is 1. The molecule has 31 heavy (non-hydrogen) atoms. The average Bonchev–Trinajstić information content (AvgIpc) is 3.38. The number of pyridine rings is 1. The van der Waals surface area contributed by atoms with E-state index in [1.54, 1.807) is 48.6 Å². The number of benzene rings is 1. The van der Waals surface area contributed by atoms with Crippen LogP contribution >= 0.6 is 11.3 Å². The van der Waals surface area contributed by atoms with E-state index in [-0.39, 0.29) is 12.5 Å². The quantitative estimate of drug-likeness (QED) is 0.447. The van der Waals surface area contributed by atoms with Crippen molar-refractivity contribution in [2.75, 3.05) is 19.0 Å². The highest BCUT2D eigenvalue weighted by atomic mass is 32.1. The third-order valence-electron chi connectivity index (χ3n) is 4.55. The van der Waals surface area contributed by atoms with Crippen LogP contribution in [0.1, 0.15) is 20.9 Å². The smallest absolute Gasteiger partial charge is 0.343 e. The number of thiophene rings is 1. The number of nitrogens with zero attached hydrogens (tertiary/aromatic N) is 2. The number of carbonyl (C=O) groups excluding carboxylic acids is 2. The van der Waals surface area contributed by atoms with Gasteiger partial charge in [0.25, 0.3) is 11.6 Å². The molecule has 0 fully saturated rings. The topological polar surface area (TPSA) is 104 Å². The molecule has 0 bridgehead atoms. The van der Waals surface area contributed by atoms with Crippen molar-refractivity contribution < 1.29 is 23.6 Å². The zero-order valence-electron chi connectivity index (χ0n) is 17.1. The maximum absolute atomic E-state index is 13.1. The first-order valence-corrected chi connectivity index (χ1v) is 10.2. The standard InChI is InChI=1S/C22H19N3O5S/c1-12-4-9-18(31-12)17-10-16(20-13(2)25-30-22(20)24-17)21(27)23-14-5-7-15(8-6-14)29-11-19(26)28-3/h4-10H,11H2,1-3H3,(H,23,27). The highest BCUT2D eigenvalue weighted by molar-refractivity contribution is 7.15. The van der Waals surface area contributed by atoms with Gasteiger partial charge in [-0.2, -0.15) is 0 Å². The number of hydrogen-bond donors (Lipinski definition) is 1. The second-order valence-corrected chi connectivity index (χ2v) is 8.04. The van der Waals surface area contributed by atoms with Crippen LogP contribution in [0.2, 0.25) is 0 Å². The largest absolute Gasteiger partial charge is 0.482 e. The molecule has 3 heterocycles. The number of fused-ring (bicyclic) bond motifs is 1. The second-order valence-electron chi connectivity index (χ2n) is 6.76. The number of rotatable bonds is 6. The highest BCUT2D eigenvalue weighted by Gasteiger charge is 2.20. The number of carbonyl (C=O) groups is 2. The van der Waals surface area contributed by atoms with Gasteiger partial charge in [0.05, 0.1) is 34.3 Å². The van der Waals surface area contributed by atoms with Crippen LogP contribution < -0.4 is 10.1 Å². The van der Waals surface area contributed by atoms with Gasteiger partial charge in [-0.15, -0.1) is 11.3 Å². The summed E-state index contributed by atoms with van der Waals surface area (Å²) >= 11 is 1.59. The first-order chi connectivity index (χ1) is 14.9. The Balaban J connectivity index is 1.60. The maximum atomic E-state index is 13.1. The molecular formula is C22H19N3O5S. The van der Waals surface area contributed by atoms with Gasteiger partial charge >= 0.3 is 5.97 Å². The number of ether oxygens (including phenoxy) is 2. The van der Waals surface area contributed by atoms with Gasteiger partial charge in [0.2, 0.25) is 0 Å². The van der Waals surface area contributed by atoms with Gasteiger partial charge in [-0.3, -0.25) is 4.79 Å². The Morgan fingerprint density at radius 3 is 2.58 bits per heavy atom. The molecule has 4 rings (SSSR count). The summed E-state index contributed by atoms with van der Waals surface area (Å²) in [5, 5.41) is 7.42. The van der Waals surface area contributed by atoms with Crippen molar-refractivity contribution in [3.63, 3.8) is 0 Å². The normalized spacial score (nSPS) is 10.8. The van der Waals surface area contributed by atoms with Gasteiger partial charge in [-0.25, -0.2) is 9.78 Å². The summed E-state index contributed by atoms with van der Waals surface area (Å²) < 4.78 is 15.2. The second kappa shape index (κ2) is 8.57. The van der Waals surface area contributed by atoms with Crippen molar-refractivity contribution in [2.24, 2.45) is 0 Å². The minimum Gasteiger partial charge on any atom is -0.482 e. The zero-order valence-corrected chi connectivity index (χ0v) is 17.9. The number of anilines is 1. The number of hydrogen-bond acceptors (Lipinski definition) is 8. The molecule has 9 heteroatoms. The Morgan fingerprint density at radius 1 is 1.13 bits per heavy atom. The van der Waals surface area contributed by atoms with Crippen molar-refractivity contribution in [3.05, 3.63) is 58.6 Å². The van der Waals surface area contributed by atoms with E-state index in [1.807, 2.05) is 19.1 Å². The van der Waals surface area contributed by atoms with Gasteiger partial charge in [-0.1, -0.05) is 5.16 Å². The summed E-state index contributed by atoms with van der Waals surface area (Å²) in [4.78, 5) is 30.9. The summed E-state index contributed by atoms with van der Waals surface area (Å²) in [6.07, 6.45) is 0. The molecule has 4 aromatic rings. The molecule has 0 aliphatic heterocycles. The summed E-state index contributed by atoms with van der Waals surface area (Å²) in [5.74, 6) is -0.295. The van der Waals surface area contributed by atoms with Crippen LogP contribution in [0.3, 0.4) is 0 Å². The minimum atomic E-state index is -0.472. The fraction of sp³-hybridized carbons (Fsp3) is 0.182. The lowest BCUT2D eigenvalue weighted by Gasteiger charge is -2.09. The molecule has 1 aromatic carbocycles. The Bertz CT molecular complexity index is 1260. The zero-order chi connectivity index (χ0) is 22.0. The Labute approximate surface area is 181 Å². The van der Waals surface area contributed by atoms with Gasteiger partial charge < -0.3 is 19.3 Å². The lowest BCUT2D eigenvalue weighted by Crippen LogP contribution is -2.14. The SMILES string of the molecule is COC(=O)COc1ccc(NC(=O)c2cc(-c3ccc(C)s3)nc3onc(C)c23)cc1. The molecule has 0 atom stereocenters. The number of amides is 1. The summed E-state index contributed by atoms with van der Waals surface area (Å²) in [5.41, 5.74) is 2.56. The number of aromatic nitrogens is 2. The summed E-state index contributed by atoms with van der Waals surface area (Å²) in [7, 11) is 1.29. The first kappa shape index (κ1) is 20.5. The third kappa shape index (κ3) is 4.41. The molecule has 0 spiro atoms. The molecule has 0 unspecified atom stereocenters. The van der Waals surface area contributed by atoms with Gasteiger partial charge in [0.1, 0.15) is 5.75 Å².